The van der Waals surface area contributed by atoms with E-state index in [9.17, 15) is 0 Å². The van der Waals surface area contributed by atoms with Crippen molar-refractivity contribution in [1.29, 1.82) is 0 Å². The van der Waals surface area contributed by atoms with Crippen molar-refractivity contribution >= 4 is 0 Å². The second kappa shape index (κ2) is 7.28. The molecular formula is C20H27N3O2. The van der Waals surface area contributed by atoms with Gasteiger partial charge in [0.05, 0.1) is 26.0 Å². The molecule has 0 unspecified atom stereocenters. The van der Waals surface area contributed by atoms with Gasteiger partial charge in [0, 0.05) is 43.4 Å². The van der Waals surface area contributed by atoms with Crippen LogP contribution < -0.4 is 0 Å². The quantitative estimate of drug-likeness (QED) is 0.808. The van der Waals surface area contributed by atoms with Crippen LogP contribution in [0.2, 0.25) is 0 Å². The average molecular weight is 341 g/mol. The molecule has 1 spiro atoms. The minimum atomic E-state index is 0.357. The normalized spacial score (nSPS) is 27.5. The van der Waals surface area contributed by atoms with E-state index >= 15 is 0 Å². The number of ether oxygens (including phenoxy) is 1. The highest BCUT2D eigenvalue weighted by Crippen LogP contribution is 2.44. The lowest BCUT2D eigenvalue weighted by molar-refractivity contribution is 0.0512. The van der Waals surface area contributed by atoms with E-state index in [-0.39, 0.29) is 0 Å². The molecule has 2 saturated heterocycles. The van der Waals surface area contributed by atoms with Gasteiger partial charge >= 0.3 is 0 Å². The molecule has 0 amide bonds. The fraction of sp³-hybridized carbons (Fsp3) is 0.550. The van der Waals surface area contributed by atoms with Gasteiger partial charge in [-0.25, -0.2) is 0 Å². The zero-order valence-electron chi connectivity index (χ0n) is 14.9. The van der Waals surface area contributed by atoms with Crippen molar-refractivity contribution in [3.8, 4) is 0 Å². The van der Waals surface area contributed by atoms with Gasteiger partial charge in [0.2, 0.25) is 0 Å². The second-order valence-electron chi connectivity index (χ2n) is 7.67. The minimum absolute atomic E-state index is 0.357. The Hall–Kier alpha value is -1.69. The van der Waals surface area contributed by atoms with Crippen LogP contribution in [-0.4, -0.2) is 54.6 Å². The van der Waals surface area contributed by atoms with E-state index < -0.39 is 0 Å². The minimum Gasteiger partial charge on any atom is -0.468 e. The summed E-state index contributed by atoms with van der Waals surface area (Å²) < 4.78 is 11.6. The maximum absolute atomic E-state index is 6.08. The molecular weight excluding hydrogens is 314 g/mol. The summed E-state index contributed by atoms with van der Waals surface area (Å²) >= 11 is 0. The van der Waals surface area contributed by atoms with Crippen molar-refractivity contribution in [2.45, 2.75) is 19.6 Å². The largest absolute Gasteiger partial charge is 0.468 e. The molecule has 5 heteroatoms. The number of nitrogens with zero attached hydrogens (tertiary/aromatic N) is 3. The average Bonchev–Trinajstić information content (AvgIpc) is 3.32. The lowest BCUT2D eigenvalue weighted by Gasteiger charge is -2.30. The molecule has 0 saturated carbocycles. The lowest BCUT2D eigenvalue weighted by atomic mass is 9.77. The van der Waals surface area contributed by atoms with Gasteiger partial charge < -0.3 is 14.1 Å². The van der Waals surface area contributed by atoms with Gasteiger partial charge in [-0.15, -0.1) is 0 Å². The topological polar surface area (TPSA) is 41.7 Å². The summed E-state index contributed by atoms with van der Waals surface area (Å²) in [7, 11) is 2.23. The highest BCUT2D eigenvalue weighted by molar-refractivity contribution is 5.07. The molecule has 25 heavy (non-hydrogen) atoms. The first-order valence-electron chi connectivity index (χ1n) is 9.13. The van der Waals surface area contributed by atoms with Crippen molar-refractivity contribution < 1.29 is 9.15 Å². The molecule has 0 radical (unpaired) electrons. The number of furan rings is 1. The molecule has 2 aliphatic rings. The van der Waals surface area contributed by atoms with Crippen LogP contribution in [-0.2, 0) is 17.9 Å². The van der Waals surface area contributed by atoms with Crippen molar-refractivity contribution in [2.75, 3.05) is 39.8 Å². The molecule has 4 rings (SSSR count). The fourth-order valence-electron chi connectivity index (χ4n) is 4.54. The molecule has 4 heterocycles. The van der Waals surface area contributed by atoms with Crippen molar-refractivity contribution in [1.82, 2.24) is 14.8 Å². The number of hydrogen-bond donors (Lipinski definition) is 0. The van der Waals surface area contributed by atoms with Crippen LogP contribution in [0, 0.1) is 11.3 Å². The highest BCUT2D eigenvalue weighted by Gasteiger charge is 2.49. The number of rotatable bonds is 6. The molecule has 0 N–H and O–H groups in total. The van der Waals surface area contributed by atoms with Gasteiger partial charge in [0.1, 0.15) is 5.76 Å². The third kappa shape index (κ3) is 3.78. The van der Waals surface area contributed by atoms with Crippen LogP contribution >= 0.6 is 0 Å². The van der Waals surface area contributed by atoms with E-state index in [0.717, 1.165) is 44.1 Å². The zero-order chi connectivity index (χ0) is 17.1. The van der Waals surface area contributed by atoms with Crippen molar-refractivity contribution in [3.63, 3.8) is 0 Å². The Labute approximate surface area is 149 Å². The van der Waals surface area contributed by atoms with Gasteiger partial charge in [0.25, 0.3) is 0 Å². The Balaban J connectivity index is 1.34. The third-order valence-electron chi connectivity index (χ3n) is 5.72. The van der Waals surface area contributed by atoms with E-state index in [1.807, 2.05) is 18.3 Å². The van der Waals surface area contributed by atoms with E-state index in [0.29, 0.717) is 17.9 Å². The summed E-state index contributed by atoms with van der Waals surface area (Å²) in [5.74, 6) is 1.66. The van der Waals surface area contributed by atoms with Crippen LogP contribution in [0.3, 0.4) is 0 Å². The summed E-state index contributed by atoms with van der Waals surface area (Å²) in [6, 6.07) is 8.08. The van der Waals surface area contributed by atoms with E-state index in [1.54, 1.807) is 12.5 Å². The van der Waals surface area contributed by atoms with E-state index in [4.69, 9.17) is 9.15 Å². The molecule has 2 aromatic heterocycles. The monoisotopic (exact) mass is 341 g/mol. The number of aromatic nitrogens is 1. The predicted octanol–water partition coefficient (Wildman–Crippen LogP) is 2.65. The van der Waals surface area contributed by atoms with Crippen LogP contribution in [0.4, 0.5) is 0 Å². The van der Waals surface area contributed by atoms with Crippen LogP contribution in [0.5, 0.6) is 0 Å². The molecule has 134 valence electrons. The first-order valence-corrected chi connectivity index (χ1v) is 9.13. The zero-order valence-corrected chi connectivity index (χ0v) is 14.9. The second-order valence-corrected chi connectivity index (χ2v) is 7.67. The summed E-state index contributed by atoms with van der Waals surface area (Å²) in [5, 5.41) is 0. The maximum Gasteiger partial charge on any atom is 0.117 e. The summed E-state index contributed by atoms with van der Waals surface area (Å²) in [4.78, 5) is 9.16. The van der Waals surface area contributed by atoms with Gasteiger partial charge in [-0.05, 0) is 43.8 Å². The molecule has 0 aliphatic carbocycles. The van der Waals surface area contributed by atoms with Crippen molar-refractivity contribution in [2.24, 2.45) is 11.3 Å². The summed E-state index contributed by atoms with van der Waals surface area (Å²) in [6.45, 7) is 6.98. The van der Waals surface area contributed by atoms with Crippen LogP contribution in [0.25, 0.3) is 0 Å². The summed E-state index contributed by atoms with van der Waals surface area (Å²) in [6.07, 6.45) is 6.70. The van der Waals surface area contributed by atoms with E-state index in [2.05, 4.69) is 34.0 Å². The predicted molar refractivity (Wildman–Crippen MR) is 95.9 cm³/mol. The Kier molecular flexibility index (Phi) is 4.88. The molecule has 2 aliphatic heterocycles. The highest BCUT2D eigenvalue weighted by atomic mass is 16.5. The standard InChI is InChI=1S/C20H27N3O2/c1-22-11-18(14-24-13-17-4-2-7-21-10-17)20(15-22)6-8-23(16-20)12-19-5-3-9-25-19/h2-5,7,9-10,18H,6,8,11-16H2,1H3/t18-,20+/m0/s1. The van der Waals surface area contributed by atoms with Gasteiger partial charge in [-0.2, -0.15) is 0 Å². The fourth-order valence-corrected chi connectivity index (χ4v) is 4.54. The van der Waals surface area contributed by atoms with Gasteiger partial charge in [-0.1, -0.05) is 6.07 Å². The molecule has 0 aromatic carbocycles. The van der Waals surface area contributed by atoms with Gasteiger partial charge in [-0.3, -0.25) is 9.88 Å². The molecule has 5 nitrogen and oxygen atoms in total. The smallest absolute Gasteiger partial charge is 0.117 e. The Morgan fingerprint density at radius 3 is 3.08 bits per heavy atom. The van der Waals surface area contributed by atoms with Gasteiger partial charge in [0.15, 0.2) is 0 Å². The number of hydrogen-bond acceptors (Lipinski definition) is 5. The molecule has 2 fully saturated rings. The SMILES string of the molecule is CN1C[C@@H](COCc2cccnc2)[C@]2(CCN(Cc3ccco3)C2)C1. The first kappa shape index (κ1) is 16.8. The Morgan fingerprint density at radius 1 is 1.32 bits per heavy atom. The maximum atomic E-state index is 6.08. The molecule has 2 aromatic rings. The Morgan fingerprint density at radius 2 is 2.28 bits per heavy atom. The third-order valence-corrected chi connectivity index (χ3v) is 5.72. The number of likely N-dealkylation sites (tertiary alicyclic amines) is 2. The summed E-state index contributed by atoms with van der Waals surface area (Å²) in [5.41, 5.74) is 1.50. The first-order chi connectivity index (χ1) is 12.2. The van der Waals surface area contributed by atoms with Crippen LogP contribution in [0.1, 0.15) is 17.7 Å². The molecule has 0 bridgehead atoms. The lowest BCUT2D eigenvalue weighted by Crippen LogP contribution is -2.36. The number of pyridine rings is 1. The van der Waals surface area contributed by atoms with E-state index in [1.165, 1.54) is 13.0 Å². The molecule has 2 atom stereocenters. The Bertz CT molecular complexity index is 661. The van der Waals surface area contributed by atoms with Crippen LogP contribution in [0.15, 0.2) is 47.3 Å². The van der Waals surface area contributed by atoms with Crippen molar-refractivity contribution in [3.05, 3.63) is 54.2 Å².